The smallest absolute Gasteiger partial charge is 0.315 e. The van der Waals surface area contributed by atoms with Crippen molar-refractivity contribution in [3.8, 4) is 5.75 Å². The predicted molar refractivity (Wildman–Crippen MR) is 111 cm³/mol. The molecular formula is C23H29N3O3. The Balaban J connectivity index is 1.81. The van der Waals surface area contributed by atoms with Gasteiger partial charge in [0.25, 0.3) is 5.91 Å². The highest BCUT2D eigenvalue weighted by Crippen LogP contribution is 2.44. The molecule has 0 spiro atoms. The first-order valence-electron chi connectivity index (χ1n) is 10.5. The average Bonchev–Trinajstić information content (AvgIpc) is 3.15. The van der Waals surface area contributed by atoms with Crippen molar-refractivity contribution in [3.63, 3.8) is 0 Å². The Labute approximate surface area is 171 Å². The van der Waals surface area contributed by atoms with E-state index in [0.717, 1.165) is 25.7 Å². The molecule has 29 heavy (non-hydrogen) atoms. The second kappa shape index (κ2) is 7.32. The number of carbonyl (C=O) groups excluding carboxylic acids is 1. The number of rotatable bonds is 4. The van der Waals surface area contributed by atoms with Gasteiger partial charge in [0.2, 0.25) is 5.75 Å². The molecule has 1 aromatic heterocycles. The second-order valence-corrected chi connectivity index (χ2v) is 8.81. The molecule has 1 saturated carbocycles. The van der Waals surface area contributed by atoms with E-state index < -0.39 is 11.3 Å². The minimum atomic E-state index is -0.706. The van der Waals surface area contributed by atoms with Crippen molar-refractivity contribution in [1.29, 1.82) is 0 Å². The lowest BCUT2D eigenvalue weighted by Gasteiger charge is -2.36. The highest BCUT2D eigenvalue weighted by atomic mass is 16.3. The van der Waals surface area contributed by atoms with Gasteiger partial charge < -0.3 is 14.6 Å². The molecule has 1 aliphatic heterocycles. The molecule has 0 atom stereocenters. The largest absolute Gasteiger partial charge is 0.501 e. The maximum absolute atomic E-state index is 13.0. The Morgan fingerprint density at radius 2 is 1.90 bits per heavy atom. The normalized spacial score (nSPS) is 18.3. The van der Waals surface area contributed by atoms with Crippen LogP contribution in [0.3, 0.4) is 0 Å². The van der Waals surface area contributed by atoms with E-state index in [4.69, 9.17) is 0 Å². The highest BCUT2D eigenvalue weighted by Gasteiger charge is 2.39. The third-order valence-electron chi connectivity index (χ3n) is 6.58. The van der Waals surface area contributed by atoms with Gasteiger partial charge in [-0.15, -0.1) is 0 Å². The van der Waals surface area contributed by atoms with E-state index in [-0.39, 0.29) is 23.1 Å². The van der Waals surface area contributed by atoms with Gasteiger partial charge in [0.05, 0.1) is 0 Å². The van der Waals surface area contributed by atoms with Gasteiger partial charge in [-0.1, -0.05) is 42.7 Å². The Morgan fingerprint density at radius 3 is 2.55 bits per heavy atom. The van der Waals surface area contributed by atoms with Crippen LogP contribution >= 0.6 is 0 Å². The first kappa shape index (κ1) is 19.7. The molecule has 154 valence electrons. The van der Waals surface area contributed by atoms with Crippen molar-refractivity contribution in [2.24, 2.45) is 0 Å². The number of benzene rings is 1. The summed E-state index contributed by atoms with van der Waals surface area (Å²) in [5.74, 6) is -0.205. The summed E-state index contributed by atoms with van der Waals surface area (Å²) in [6.07, 6.45) is 4.96. The van der Waals surface area contributed by atoms with Crippen LogP contribution in [0.2, 0.25) is 0 Å². The molecule has 4 rings (SSSR count). The van der Waals surface area contributed by atoms with Gasteiger partial charge in [0.15, 0.2) is 5.69 Å². The second-order valence-electron chi connectivity index (χ2n) is 8.81. The van der Waals surface area contributed by atoms with E-state index in [0.29, 0.717) is 25.3 Å². The van der Waals surface area contributed by atoms with Gasteiger partial charge >= 0.3 is 5.56 Å². The van der Waals surface area contributed by atoms with E-state index in [1.807, 2.05) is 13.8 Å². The summed E-state index contributed by atoms with van der Waals surface area (Å²) in [5, 5.41) is 10.4. The minimum Gasteiger partial charge on any atom is -0.501 e. The molecule has 2 aromatic rings. The number of hydrogen-bond acceptors (Lipinski definition) is 4. The van der Waals surface area contributed by atoms with Crippen LogP contribution in [0.25, 0.3) is 0 Å². The first-order chi connectivity index (χ1) is 13.8. The Kier molecular flexibility index (Phi) is 4.97. The van der Waals surface area contributed by atoms with Crippen LogP contribution in [0, 0.1) is 6.92 Å². The van der Waals surface area contributed by atoms with Crippen molar-refractivity contribution in [2.75, 3.05) is 6.54 Å². The fraction of sp³-hybridized carbons (Fsp3) is 0.522. The number of nitrogens with zero attached hydrogens (tertiary/aromatic N) is 3. The predicted octanol–water partition coefficient (Wildman–Crippen LogP) is 3.18. The van der Waals surface area contributed by atoms with Crippen molar-refractivity contribution in [2.45, 2.75) is 70.9 Å². The number of amides is 1. The number of carbonyl (C=O) groups is 1. The van der Waals surface area contributed by atoms with Gasteiger partial charge in [-0.2, -0.15) is 4.98 Å². The standard InChI is InChI=1S/C23H29N3O3/c1-15(2)25-11-12-26-18(24-21(28)20(27)19(26)22(25)29)14-23(9-4-5-10-23)17-8-6-7-16(3)13-17/h6-8,13,15,27H,4-5,9-12,14H2,1-3H3. The maximum Gasteiger partial charge on any atom is 0.315 e. The maximum atomic E-state index is 13.0. The Morgan fingerprint density at radius 1 is 1.17 bits per heavy atom. The fourth-order valence-electron chi connectivity index (χ4n) is 5.02. The minimum absolute atomic E-state index is 0.0100. The van der Waals surface area contributed by atoms with E-state index in [1.165, 1.54) is 11.1 Å². The van der Waals surface area contributed by atoms with E-state index in [2.05, 4.69) is 36.2 Å². The molecule has 2 heterocycles. The molecule has 1 aliphatic carbocycles. The van der Waals surface area contributed by atoms with Gasteiger partial charge in [-0.3, -0.25) is 9.59 Å². The quantitative estimate of drug-likeness (QED) is 0.863. The zero-order chi connectivity index (χ0) is 20.8. The number of aromatic hydroxyl groups is 1. The fourth-order valence-corrected chi connectivity index (χ4v) is 5.02. The average molecular weight is 396 g/mol. The molecule has 1 aromatic carbocycles. The number of aromatic nitrogens is 2. The summed E-state index contributed by atoms with van der Waals surface area (Å²) in [4.78, 5) is 31.4. The summed E-state index contributed by atoms with van der Waals surface area (Å²) in [5.41, 5.74) is 1.80. The van der Waals surface area contributed by atoms with Crippen molar-refractivity contribution in [3.05, 3.63) is 57.3 Å². The van der Waals surface area contributed by atoms with Crippen LogP contribution in [0.15, 0.2) is 29.1 Å². The van der Waals surface area contributed by atoms with Crippen molar-refractivity contribution < 1.29 is 9.90 Å². The van der Waals surface area contributed by atoms with Crippen LogP contribution in [-0.4, -0.2) is 38.1 Å². The molecule has 1 N–H and O–H groups in total. The van der Waals surface area contributed by atoms with Gasteiger partial charge in [-0.05, 0) is 39.2 Å². The summed E-state index contributed by atoms with van der Waals surface area (Å²) >= 11 is 0. The van der Waals surface area contributed by atoms with E-state index in [9.17, 15) is 14.7 Å². The van der Waals surface area contributed by atoms with Gasteiger partial charge in [0.1, 0.15) is 5.82 Å². The zero-order valence-electron chi connectivity index (χ0n) is 17.4. The van der Waals surface area contributed by atoms with Crippen LogP contribution in [-0.2, 0) is 18.4 Å². The van der Waals surface area contributed by atoms with Gasteiger partial charge in [-0.25, -0.2) is 0 Å². The lowest BCUT2D eigenvalue weighted by Crippen LogP contribution is -2.46. The third kappa shape index (κ3) is 3.34. The molecular weight excluding hydrogens is 366 g/mol. The summed E-state index contributed by atoms with van der Waals surface area (Å²) in [6, 6.07) is 8.58. The third-order valence-corrected chi connectivity index (χ3v) is 6.58. The first-order valence-corrected chi connectivity index (χ1v) is 10.5. The lowest BCUT2D eigenvalue weighted by atomic mass is 9.75. The summed E-state index contributed by atoms with van der Waals surface area (Å²) in [7, 11) is 0. The molecule has 6 heteroatoms. The Bertz CT molecular complexity index is 1000. The molecule has 1 fully saturated rings. The molecule has 0 bridgehead atoms. The molecule has 1 amide bonds. The number of aryl methyl sites for hydroxylation is 1. The zero-order valence-corrected chi connectivity index (χ0v) is 17.4. The highest BCUT2D eigenvalue weighted by molar-refractivity contribution is 5.95. The monoisotopic (exact) mass is 395 g/mol. The van der Waals surface area contributed by atoms with Crippen molar-refractivity contribution >= 4 is 5.91 Å². The van der Waals surface area contributed by atoms with E-state index in [1.54, 1.807) is 9.47 Å². The van der Waals surface area contributed by atoms with E-state index >= 15 is 0 Å². The molecule has 0 radical (unpaired) electrons. The van der Waals surface area contributed by atoms with Gasteiger partial charge in [0, 0.05) is 31.0 Å². The lowest BCUT2D eigenvalue weighted by molar-refractivity contribution is 0.0636. The summed E-state index contributed by atoms with van der Waals surface area (Å²) in [6.45, 7) is 7.07. The Hall–Kier alpha value is -2.63. The van der Waals surface area contributed by atoms with Crippen LogP contribution in [0.1, 0.15) is 67.0 Å². The van der Waals surface area contributed by atoms with Crippen LogP contribution in [0.4, 0.5) is 0 Å². The molecule has 0 unspecified atom stereocenters. The SMILES string of the molecule is Cc1cccc(C2(Cc3nc(=O)c(O)c4n3CCN(C(C)C)C4=O)CCCC2)c1. The summed E-state index contributed by atoms with van der Waals surface area (Å²) < 4.78 is 1.79. The van der Waals surface area contributed by atoms with Crippen LogP contribution in [0.5, 0.6) is 5.75 Å². The molecule has 0 saturated heterocycles. The topological polar surface area (TPSA) is 75.4 Å². The van der Waals surface area contributed by atoms with Crippen molar-refractivity contribution in [1.82, 2.24) is 14.5 Å². The molecule has 2 aliphatic rings. The van der Waals surface area contributed by atoms with Crippen LogP contribution < -0.4 is 5.56 Å². The number of hydrogen-bond donors (Lipinski definition) is 1. The number of fused-ring (bicyclic) bond motifs is 1. The molecule has 6 nitrogen and oxygen atoms in total.